The minimum atomic E-state index is -3.79. The fourth-order valence-corrected chi connectivity index (χ4v) is 1.61. The minimum absolute atomic E-state index is 0.192. The first-order valence-corrected chi connectivity index (χ1v) is 5.80. The Labute approximate surface area is 113 Å². The molecule has 0 bridgehead atoms. The molecule has 0 radical (unpaired) electrons. The van der Waals surface area contributed by atoms with Crippen molar-refractivity contribution in [3.63, 3.8) is 0 Å². The van der Waals surface area contributed by atoms with Crippen molar-refractivity contribution in [1.29, 1.82) is 0 Å². The Hall–Kier alpha value is -2.28. The van der Waals surface area contributed by atoms with E-state index in [1.54, 1.807) is 0 Å². The topological polar surface area (TPSA) is 75.4 Å². The molecular weight excluding hydrogens is 270 g/mol. The molecule has 2 rings (SSSR count). The summed E-state index contributed by atoms with van der Waals surface area (Å²) < 4.78 is 32.8. The number of nitrogens with zero attached hydrogens (tertiary/aromatic N) is 1. The average molecular weight is 282 g/mol. The molecule has 0 spiro atoms. The van der Waals surface area contributed by atoms with Crippen LogP contribution in [0.3, 0.4) is 0 Å². The summed E-state index contributed by atoms with van der Waals surface area (Å²) in [5.74, 6) is -5.15. The van der Waals surface area contributed by atoms with Crippen LogP contribution in [0.15, 0.2) is 47.2 Å². The van der Waals surface area contributed by atoms with Crippen LogP contribution in [0, 0.1) is 0 Å². The molecule has 20 heavy (non-hydrogen) atoms. The number of halogens is 2. The Kier molecular flexibility index (Phi) is 4.09. The molecule has 1 unspecified atom stereocenters. The molecule has 0 saturated carbocycles. The lowest BCUT2D eigenvalue weighted by Gasteiger charge is -2.19. The van der Waals surface area contributed by atoms with E-state index in [2.05, 4.69) is 4.98 Å². The van der Waals surface area contributed by atoms with Gasteiger partial charge in [-0.2, -0.15) is 8.78 Å². The van der Waals surface area contributed by atoms with E-state index in [1.807, 2.05) is 5.32 Å². The van der Waals surface area contributed by atoms with Gasteiger partial charge < -0.3 is 14.8 Å². The monoisotopic (exact) mass is 282 g/mol. The van der Waals surface area contributed by atoms with Crippen LogP contribution in [0.1, 0.15) is 17.5 Å². The minimum Gasteiger partial charge on any atom is -0.467 e. The van der Waals surface area contributed by atoms with Crippen LogP contribution in [-0.2, 0) is 10.7 Å². The van der Waals surface area contributed by atoms with Crippen molar-refractivity contribution < 1.29 is 23.1 Å². The van der Waals surface area contributed by atoms with Gasteiger partial charge >= 0.3 is 5.92 Å². The van der Waals surface area contributed by atoms with Crippen LogP contribution in [0.4, 0.5) is 8.78 Å². The highest BCUT2D eigenvalue weighted by atomic mass is 19.3. The third kappa shape index (κ3) is 2.83. The number of hydrogen-bond acceptors (Lipinski definition) is 4. The third-order valence-electron chi connectivity index (χ3n) is 2.65. The molecule has 2 aromatic rings. The van der Waals surface area contributed by atoms with Gasteiger partial charge in [-0.3, -0.25) is 9.78 Å². The molecule has 2 N–H and O–H groups in total. The predicted molar refractivity (Wildman–Crippen MR) is 64.8 cm³/mol. The van der Waals surface area contributed by atoms with Gasteiger partial charge in [-0.25, -0.2) is 0 Å². The maximum Gasteiger partial charge on any atom is 0.366 e. The van der Waals surface area contributed by atoms with Crippen LogP contribution in [0.25, 0.3) is 0 Å². The lowest BCUT2D eigenvalue weighted by molar-refractivity contribution is -0.148. The number of rotatable bonds is 5. The second-order valence-electron chi connectivity index (χ2n) is 4.01. The summed E-state index contributed by atoms with van der Waals surface area (Å²) >= 11 is 0. The van der Waals surface area contributed by atoms with Crippen LogP contribution in [-0.4, -0.2) is 22.6 Å². The lowest BCUT2D eigenvalue weighted by Crippen LogP contribution is -2.41. The second kappa shape index (κ2) is 5.79. The van der Waals surface area contributed by atoms with E-state index in [-0.39, 0.29) is 5.76 Å². The molecule has 0 fully saturated rings. The number of aromatic nitrogens is 1. The van der Waals surface area contributed by atoms with Gasteiger partial charge in [-0.15, -0.1) is 0 Å². The molecule has 1 amide bonds. The van der Waals surface area contributed by atoms with E-state index in [1.165, 1.54) is 36.7 Å². The van der Waals surface area contributed by atoms with Gasteiger partial charge in [0.05, 0.1) is 12.9 Å². The molecule has 2 aromatic heterocycles. The molecular formula is C13H12F2N2O3. The summed E-state index contributed by atoms with van der Waals surface area (Å²) in [5, 5.41) is 11.2. The molecule has 0 aliphatic carbocycles. The first-order valence-electron chi connectivity index (χ1n) is 5.80. The highest BCUT2D eigenvalue weighted by molar-refractivity contribution is 5.84. The van der Waals surface area contributed by atoms with E-state index in [0.717, 1.165) is 6.07 Å². The Morgan fingerprint density at radius 3 is 2.75 bits per heavy atom. The smallest absolute Gasteiger partial charge is 0.366 e. The summed E-state index contributed by atoms with van der Waals surface area (Å²) in [4.78, 5) is 15.1. The largest absolute Gasteiger partial charge is 0.467 e. The van der Waals surface area contributed by atoms with Gasteiger partial charge in [0.1, 0.15) is 17.5 Å². The molecule has 0 aliphatic heterocycles. The molecule has 5 nitrogen and oxygen atoms in total. The molecule has 0 aromatic carbocycles. The normalized spacial score (nSPS) is 12.9. The first kappa shape index (κ1) is 14.1. The molecule has 0 aliphatic rings. The number of amides is 1. The van der Waals surface area contributed by atoms with Crippen molar-refractivity contribution in [1.82, 2.24) is 10.3 Å². The molecule has 0 saturated heterocycles. The van der Waals surface area contributed by atoms with E-state index in [4.69, 9.17) is 9.52 Å². The summed E-state index contributed by atoms with van der Waals surface area (Å²) in [5.41, 5.74) is -0.659. The fourth-order valence-electron chi connectivity index (χ4n) is 1.61. The van der Waals surface area contributed by atoms with Gasteiger partial charge in [0.15, 0.2) is 0 Å². The number of alkyl halides is 2. The number of nitrogens with one attached hydrogen (secondary N) is 1. The quantitative estimate of drug-likeness (QED) is 0.873. The zero-order valence-corrected chi connectivity index (χ0v) is 10.3. The fraction of sp³-hybridized carbons (Fsp3) is 0.231. The maximum atomic E-state index is 13.9. The van der Waals surface area contributed by atoms with Crippen LogP contribution >= 0.6 is 0 Å². The van der Waals surface area contributed by atoms with Gasteiger partial charge in [0.2, 0.25) is 0 Å². The van der Waals surface area contributed by atoms with Crippen molar-refractivity contribution in [2.24, 2.45) is 0 Å². The predicted octanol–water partition coefficient (Wildman–Crippen LogP) is 1.62. The maximum absolute atomic E-state index is 13.9. The molecule has 1 atom stereocenters. The summed E-state index contributed by atoms with van der Waals surface area (Å²) in [6.07, 6.45) is 2.49. The third-order valence-corrected chi connectivity index (χ3v) is 2.65. The van der Waals surface area contributed by atoms with Crippen molar-refractivity contribution in [3.05, 3.63) is 54.2 Å². The Morgan fingerprint density at radius 2 is 2.20 bits per heavy atom. The number of hydrogen-bond donors (Lipinski definition) is 2. The molecule has 2 heterocycles. The van der Waals surface area contributed by atoms with Crippen LogP contribution in [0.2, 0.25) is 0 Å². The summed E-state index contributed by atoms with van der Waals surface area (Å²) in [6.45, 7) is -0.558. The lowest BCUT2D eigenvalue weighted by atomic mass is 10.1. The standard InChI is InChI=1S/C13H12F2N2O3/c14-13(15,11-5-1-2-6-16-11)12(19)17-9(8-18)10-4-3-7-20-10/h1-7,9,18H,8H2,(H,17,19). The zero-order chi connectivity index (χ0) is 14.6. The Balaban J connectivity index is 2.15. The van der Waals surface area contributed by atoms with Crippen molar-refractivity contribution in [2.45, 2.75) is 12.0 Å². The Morgan fingerprint density at radius 1 is 1.40 bits per heavy atom. The summed E-state index contributed by atoms with van der Waals surface area (Å²) in [7, 11) is 0. The molecule has 106 valence electrons. The van der Waals surface area contributed by atoms with E-state index >= 15 is 0 Å². The number of carbonyl (C=O) groups excluding carboxylic acids is 1. The second-order valence-corrected chi connectivity index (χ2v) is 4.01. The number of aliphatic hydroxyl groups is 1. The number of carbonyl (C=O) groups is 1. The summed E-state index contributed by atoms with van der Waals surface area (Å²) in [6, 6.07) is 5.85. The average Bonchev–Trinajstić information content (AvgIpc) is 2.99. The number of aliphatic hydroxyl groups excluding tert-OH is 1. The first-order chi connectivity index (χ1) is 9.55. The van der Waals surface area contributed by atoms with Gasteiger partial charge in [0.25, 0.3) is 5.91 Å². The highest BCUT2D eigenvalue weighted by Gasteiger charge is 2.43. The highest BCUT2D eigenvalue weighted by Crippen LogP contribution is 2.27. The Bertz CT molecular complexity index is 558. The number of pyridine rings is 1. The van der Waals surface area contributed by atoms with E-state index in [9.17, 15) is 13.6 Å². The van der Waals surface area contributed by atoms with E-state index in [0.29, 0.717) is 0 Å². The zero-order valence-electron chi connectivity index (χ0n) is 10.3. The van der Waals surface area contributed by atoms with Gasteiger partial charge in [0, 0.05) is 6.20 Å². The van der Waals surface area contributed by atoms with E-state index < -0.39 is 30.2 Å². The SMILES string of the molecule is O=C(NC(CO)c1ccco1)C(F)(F)c1ccccn1. The van der Waals surface area contributed by atoms with Crippen molar-refractivity contribution in [2.75, 3.05) is 6.61 Å². The van der Waals surface area contributed by atoms with Crippen LogP contribution < -0.4 is 5.32 Å². The number of furan rings is 1. The van der Waals surface area contributed by atoms with Crippen molar-refractivity contribution in [3.8, 4) is 0 Å². The van der Waals surface area contributed by atoms with Crippen LogP contribution in [0.5, 0.6) is 0 Å². The van der Waals surface area contributed by atoms with Crippen molar-refractivity contribution >= 4 is 5.91 Å². The van der Waals surface area contributed by atoms with Gasteiger partial charge in [-0.05, 0) is 24.3 Å². The van der Waals surface area contributed by atoms with Gasteiger partial charge in [-0.1, -0.05) is 6.07 Å². The molecule has 7 heteroatoms.